The second-order valence-electron chi connectivity index (χ2n) is 3.86. The van der Waals surface area contributed by atoms with Crippen LogP contribution < -0.4 is 0 Å². The van der Waals surface area contributed by atoms with Gasteiger partial charge in [0.1, 0.15) is 12.8 Å². The largest absolute Gasteiger partial charge is 0.480 e. The van der Waals surface area contributed by atoms with Crippen molar-refractivity contribution in [3.8, 4) is 0 Å². The van der Waals surface area contributed by atoms with Crippen LogP contribution in [-0.4, -0.2) is 40.1 Å². The zero-order valence-corrected chi connectivity index (χ0v) is 9.21. The van der Waals surface area contributed by atoms with Crippen molar-refractivity contribution in [3.63, 3.8) is 0 Å². The summed E-state index contributed by atoms with van der Waals surface area (Å²) in [7, 11) is 0. The average molecular weight is 226 g/mol. The number of aromatic nitrogens is 1. The minimum Gasteiger partial charge on any atom is -0.480 e. The predicted octanol–water partition coefficient (Wildman–Crippen LogP) is 0.857. The van der Waals surface area contributed by atoms with E-state index in [1.165, 1.54) is 17.2 Å². The van der Waals surface area contributed by atoms with Gasteiger partial charge in [0.15, 0.2) is 5.69 Å². The van der Waals surface area contributed by atoms with Crippen LogP contribution in [0.3, 0.4) is 0 Å². The summed E-state index contributed by atoms with van der Waals surface area (Å²) >= 11 is 0. The number of carboxylic acid groups (broad SMARTS) is 1. The molecule has 1 rings (SSSR count). The molecule has 0 atom stereocenters. The maximum atomic E-state index is 11.8. The lowest BCUT2D eigenvalue weighted by Gasteiger charge is -2.21. The molecule has 0 unspecified atom stereocenters. The molecule has 0 aliphatic heterocycles. The Bertz CT molecular complexity index is 359. The molecule has 88 valence electrons. The van der Waals surface area contributed by atoms with Crippen LogP contribution in [0.1, 0.15) is 24.3 Å². The Morgan fingerprint density at radius 1 is 1.56 bits per heavy atom. The van der Waals surface area contributed by atoms with Crippen molar-refractivity contribution in [1.29, 1.82) is 0 Å². The van der Waals surface area contributed by atoms with E-state index in [0.717, 1.165) is 0 Å². The zero-order valence-electron chi connectivity index (χ0n) is 9.21. The third-order valence-corrected chi connectivity index (χ3v) is 1.86. The molecule has 0 saturated carbocycles. The molecule has 6 nitrogen and oxygen atoms in total. The highest BCUT2D eigenvalue weighted by molar-refractivity contribution is 5.93. The normalized spacial score (nSPS) is 10.4. The van der Waals surface area contributed by atoms with Gasteiger partial charge in [-0.15, -0.1) is 0 Å². The molecule has 6 heteroatoms. The third kappa shape index (κ3) is 3.38. The summed E-state index contributed by atoms with van der Waals surface area (Å²) in [5.74, 6) is -1.28. The highest BCUT2D eigenvalue weighted by Gasteiger charge is 2.21. The molecule has 0 radical (unpaired) electrons. The lowest BCUT2D eigenvalue weighted by Crippen LogP contribution is -2.38. The number of hydrogen-bond acceptors (Lipinski definition) is 4. The standard InChI is InChI=1S/C10H14N2O4/c1-7(2)5-12(6-9(13)14)10(15)8-3-4-16-11-8/h3-4,7H,5-6H2,1-2H3,(H,13,14). The maximum absolute atomic E-state index is 11.8. The van der Waals surface area contributed by atoms with Crippen molar-refractivity contribution < 1.29 is 19.2 Å². The number of rotatable bonds is 5. The number of carbonyl (C=O) groups is 2. The van der Waals surface area contributed by atoms with Crippen LogP contribution in [0.2, 0.25) is 0 Å². The molecule has 0 aliphatic rings. The molecule has 0 bridgehead atoms. The molecule has 1 amide bonds. The molecule has 0 aromatic carbocycles. The summed E-state index contributed by atoms with van der Waals surface area (Å²) in [5.41, 5.74) is 0.127. The van der Waals surface area contributed by atoms with Gasteiger partial charge in [0.2, 0.25) is 0 Å². The minimum absolute atomic E-state index is 0.127. The molecule has 1 N–H and O–H groups in total. The van der Waals surface area contributed by atoms with Crippen molar-refractivity contribution in [2.45, 2.75) is 13.8 Å². The highest BCUT2D eigenvalue weighted by Crippen LogP contribution is 2.05. The van der Waals surface area contributed by atoms with Crippen LogP contribution in [0.5, 0.6) is 0 Å². The Labute approximate surface area is 92.8 Å². The first kappa shape index (κ1) is 12.2. The summed E-state index contributed by atoms with van der Waals surface area (Å²) < 4.78 is 4.55. The summed E-state index contributed by atoms with van der Waals surface area (Å²) in [6.07, 6.45) is 1.28. The third-order valence-electron chi connectivity index (χ3n) is 1.86. The molecule has 1 heterocycles. The number of carboxylic acids is 1. The first-order chi connectivity index (χ1) is 7.50. The number of carbonyl (C=O) groups excluding carboxylic acids is 1. The Kier molecular flexibility index (Phi) is 4.04. The monoisotopic (exact) mass is 226 g/mol. The van der Waals surface area contributed by atoms with Crippen molar-refractivity contribution in [2.75, 3.05) is 13.1 Å². The lowest BCUT2D eigenvalue weighted by molar-refractivity contribution is -0.137. The van der Waals surface area contributed by atoms with E-state index < -0.39 is 11.9 Å². The number of aliphatic carboxylic acids is 1. The van der Waals surface area contributed by atoms with E-state index in [1.807, 2.05) is 13.8 Å². The van der Waals surface area contributed by atoms with Crippen LogP contribution in [0.25, 0.3) is 0 Å². The van der Waals surface area contributed by atoms with Gasteiger partial charge < -0.3 is 14.5 Å². The van der Waals surface area contributed by atoms with Crippen LogP contribution >= 0.6 is 0 Å². The fourth-order valence-corrected chi connectivity index (χ4v) is 1.31. The van der Waals surface area contributed by atoms with Gasteiger partial charge in [-0.05, 0) is 5.92 Å². The molecule has 1 aromatic heterocycles. The van der Waals surface area contributed by atoms with Crippen molar-refractivity contribution in [3.05, 3.63) is 18.0 Å². The first-order valence-electron chi connectivity index (χ1n) is 4.92. The fraction of sp³-hybridized carbons (Fsp3) is 0.500. The summed E-state index contributed by atoms with van der Waals surface area (Å²) in [6.45, 7) is 3.86. The topological polar surface area (TPSA) is 83.6 Å². The Morgan fingerprint density at radius 3 is 2.69 bits per heavy atom. The highest BCUT2D eigenvalue weighted by atomic mass is 16.5. The molecule has 16 heavy (non-hydrogen) atoms. The van der Waals surface area contributed by atoms with Crippen LogP contribution in [0.4, 0.5) is 0 Å². The van der Waals surface area contributed by atoms with Crippen LogP contribution in [0, 0.1) is 5.92 Å². The lowest BCUT2D eigenvalue weighted by atomic mass is 10.2. The average Bonchev–Trinajstić information content (AvgIpc) is 2.66. The van der Waals surface area contributed by atoms with Crippen LogP contribution in [0.15, 0.2) is 16.9 Å². The van der Waals surface area contributed by atoms with E-state index in [-0.39, 0.29) is 18.2 Å². The molecule has 0 fully saturated rings. The second kappa shape index (κ2) is 5.29. The first-order valence-corrected chi connectivity index (χ1v) is 4.92. The number of nitrogens with zero attached hydrogens (tertiary/aromatic N) is 2. The van der Waals surface area contributed by atoms with E-state index >= 15 is 0 Å². The van der Waals surface area contributed by atoms with Gasteiger partial charge in [0.25, 0.3) is 5.91 Å². The molecule has 0 aliphatic carbocycles. The Hall–Kier alpha value is -1.85. The van der Waals surface area contributed by atoms with Crippen LogP contribution in [-0.2, 0) is 4.79 Å². The van der Waals surface area contributed by atoms with E-state index in [2.05, 4.69) is 9.68 Å². The maximum Gasteiger partial charge on any atom is 0.323 e. The minimum atomic E-state index is -1.04. The number of amides is 1. The van der Waals surface area contributed by atoms with Crippen molar-refractivity contribution in [1.82, 2.24) is 10.1 Å². The summed E-state index contributed by atoms with van der Waals surface area (Å²) in [4.78, 5) is 23.7. The smallest absolute Gasteiger partial charge is 0.323 e. The van der Waals surface area contributed by atoms with Gasteiger partial charge >= 0.3 is 5.97 Å². The van der Waals surface area contributed by atoms with Gasteiger partial charge in [0, 0.05) is 12.6 Å². The van der Waals surface area contributed by atoms with E-state index in [9.17, 15) is 9.59 Å². The molecular weight excluding hydrogens is 212 g/mol. The predicted molar refractivity (Wildman–Crippen MR) is 54.9 cm³/mol. The quantitative estimate of drug-likeness (QED) is 0.804. The van der Waals surface area contributed by atoms with Gasteiger partial charge in [-0.1, -0.05) is 19.0 Å². The second-order valence-corrected chi connectivity index (χ2v) is 3.86. The Morgan fingerprint density at radius 2 is 2.25 bits per heavy atom. The van der Waals surface area contributed by atoms with Crippen molar-refractivity contribution in [2.24, 2.45) is 5.92 Å². The molecular formula is C10H14N2O4. The Balaban J connectivity index is 2.75. The van der Waals surface area contributed by atoms with Gasteiger partial charge in [0.05, 0.1) is 0 Å². The van der Waals surface area contributed by atoms with E-state index in [4.69, 9.17) is 5.11 Å². The molecule has 0 saturated heterocycles. The SMILES string of the molecule is CC(C)CN(CC(=O)O)C(=O)c1ccon1. The fourth-order valence-electron chi connectivity index (χ4n) is 1.31. The van der Waals surface area contributed by atoms with E-state index in [0.29, 0.717) is 6.54 Å². The van der Waals surface area contributed by atoms with E-state index in [1.54, 1.807) is 0 Å². The zero-order chi connectivity index (χ0) is 12.1. The van der Waals surface area contributed by atoms with Crippen molar-refractivity contribution >= 4 is 11.9 Å². The van der Waals surface area contributed by atoms with Gasteiger partial charge in [-0.25, -0.2) is 0 Å². The summed E-state index contributed by atoms with van der Waals surface area (Å²) in [5, 5.41) is 12.2. The van der Waals surface area contributed by atoms with Gasteiger partial charge in [-0.3, -0.25) is 9.59 Å². The number of hydrogen-bond donors (Lipinski definition) is 1. The molecule has 1 aromatic rings. The molecule has 0 spiro atoms. The van der Waals surface area contributed by atoms with Gasteiger partial charge in [-0.2, -0.15) is 0 Å². The summed E-state index contributed by atoms with van der Waals surface area (Å²) in [6, 6.07) is 1.41.